The molecule has 9 heteroatoms. The van der Waals surface area contributed by atoms with Crippen molar-refractivity contribution in [2.75, 3.05) is 33.4 Å². The van der Waals surface area contributed by atoms with Gasteiger partial charge in [0, 0.05) is 43.0 Å². The average molecular weight is 614 g/mol. The first-order valence-corrected chi connectivity index (χ1v) is 16.7. The van der Waals surface area contributed by atoms with Gasteiger partial charge in [-0.05, 0) is 88.3 Å². The number of benzene rings is 1. The molecular formula is C35H51NO8. The highest BCUT2D eigenvalue weighted by atomic mass is 16.7. The first-order chi connectivity index (χ1) is 20.7. The first-order valence-electron chi connectivity index (χ1n) is 16.7. The molecular weight excluding hydrogens is 562 g/mol. The lowest BCUT2D eigenvalue weighted by atomic mass is 9.30. The molecule has 0 radical (unpaired) electrons. The third kappa shape index (κ3) is 3.73. The minimum Gasteiger partial charge on any atom is -0.479 e. The van der Waals surface area contributed by atoms with Crippen LogP contribution in [0.2, 0.25) is 0 Å². The smallest absolute Gasteiger partial charge is 0.479 e. The molecule has 5 fully saturated rings. The first kappa shape index (κ1) is 30.7. The van der Waals surface area contributed by atoms with Crippen LogP contribution in [0.15, 0.2) is 12.1 Å². The highest BCUT2D eigenvalue weighted by Crippen LogP contribution is 2.81. The van der Waals surface area contributed by atoms with E-state index in [1.54, 1.807) is 7.11 Å². The van der Waals surface area contributed by atoms with E-state index < -0.39 is 41.1 Å². The van der Waals surface area contributed by atoms with Crippen LogP contribution in [0.4, 0.5) is 4.79 Å². The summed E-state index contributed by atoms with van der Waals surface area (Å²) in [6.07, 6.45) is 5.40. The lowest BCUT2D eigenvalue weighted by Crippen LogP contribution is -2.87. The van der Waals surface area contributed by atoms with Crippen molar-refractivity contribution < 1.29 is 39.1 Å². The number of fused-ring (bicyclic) bond motifs is 2. The third-order valence-electron chi connectivity index (χ3n) is 13.6. The zero-order valence-corrected chi connectivity index (χ0v) is 27.3. The van der Waals surface area contributed by atoms with Crippen LogP contribution in [0.1, 0.15) is 90.7 Å². The van der Waals surface area contributed by atoms with Crippen LogP contribution in [0, 0.1) is 22.7 Å². The molecule has 7 aliphatic rings. The minimum atomic E-state index is -1.03. The summed E-state index contributed by atoms with van der Waals surface area (Å²) in [6.45, 7) is 12.2. The number of ether oxygens (including phenoxy) is 4. The second-order valence-corrected chi connectivity index (χ2v) is 16.1. The maximum Gasteiger partial charge on any atom is 0.513 e. The molecule has 8 rings (SSSR count). The van der Waals surface area contributed by atoms with Crippen LogP contribution < -0.4 is 9.47 Å². The Balaban J connectivity index is 1.36. The fourth-order valence-corrected chi connectivity index (χ4v) is 10.8. The van der Waals surface area contributed by atoms with Crippen molar-refractivity contribution in [2.45, 2.75) is 120 Å². The SMILES string of the molecule is COC12CCC3(CC1C(C)(O)C(C)(C)C)C1Cc4ccc(OC(=O)OCCC(O)CO)c5c4C3(CCN1CC1CC1)C2(C)O5. The molecule has 1 aromatic carbocycles. The summed E-state index contributed by atoms with van der Waals surface area (Å²) < 4.78 is 25.1. The number of aliphatic hydroxyl groups is 3. The highest BCUT2D eigenvalue weighted by Gasteiger charge is 2.87. The molecule has 244 valence electrons. The van der Waals surface area contributed by atoms with Crippen molar-refractivity contribution in [2.24, 2.45) is 22.7 Å². The highest BCUT2D eigenvalue weighted by molar-refractivity contribution is 5.70. The van der Waals surface area contributed by atoms with Crippen LogP contribution in [-0.2, 0) is 21.3 Å². The minimum absolute atomic E-state index is 0.0681. The summed E-state index contributed by atoms with van der Waals surface area (Å²) in [5.41, 5.74) is -1.06. The quantitative estimate of drug-likeness (QED) is 0.276. The van der Waals surface area contributed by atoms with E-state index in [0.29, 0.717) is 17.5 Å². The topological polar surface area (TPSA) is 118 Å². The van der Waals surface area contributed by atoms with Gasteiger partial charge in [-0.2, -0.15) is 0 Å². The Morgan fingerprint density at radius 2 is 1.93 bits per heavy atom. The Hall–Kier alpha value is -1.91. The number of hydrogen-bond donors (Lipinski definition) is 3. The van der Waals surface area contributed by atoms with Crippen molar-refractivity contribution in [1.29, 1.82) is 0 Å². The van der Waals surface area contributed by atoms with E-state index in [1.165, 1.54) is 24.0 Å². The molecule has 9 nitrogen and oxygen atoms in total. The van der Waals surface area contributed by atoms with Gasteiger partial charge in [-0.15, -0.1) is 0 Å². The molecule has 2 heterocycles. The molecule has 0 amide bonds. The maximum atomic E-state index is 12.8. The Labute approximate surface area is 261 Å². The van der Waals surface area contributed by atoms with Crippen LogP contribution in [0.5, 0.6) is 11.5 Å². The van der Waals surface area contributed by atoms with Gasteiger partial charge in [-0.25, -0.2) is 4.79 Å². The zero-order chi connectivity index (χ0) is 31.5. The summed E-state index contributed by atoms with van der Waals surface area (Å²) in [5.74, 6) is 1.55. The number of hydrogen-bond acceptors (Lipinski definition) is 9. The van der Waals surface area contributed by atoms with E-state index in [0.717, 1.165) is 51.1 Å². The van der Waals surface area contributed by atoms with Gasteiger partial charge in [0.2, 0.25) is 0 Å². The lowest BCUT2D eigenvalue weighted by Gasteiger charge is -2.78. The summed E-state index contributed by atoms with van der Waals surface area (Å²) in [4.78, 5) is 15.6. The second-order valence-electron chi connectivity index (χ2n) is 16.1. The molecule has 44 heavy (non-hydrogen) atoms. The fourth-order valence-electron chi connectivity index (χ4n) is 10.8. The Morgan fingerprint density at radius 3 is 2.59 bits per heavy atom. The number of nitrogens with zero attached hydrogens (tertiary/aromatic N) is 1. The van der Waals surface area contributed by atoms with E-state index in [4.69, 9.17) is 24.1 Å². The number of carbonyl (C=O) groups is 1. The Morgan fingerprint density at radius 1 is 1.18 bits per heavy atom. The van der Waals surface area contributed by atoms with Crippen molar-refractivity contribution in [3.05, 3.63) is 23.3 Å². The molecule has 0 aromatic heterocycles. The van der Waals surface area contributed by atoms with Gasteiger partial charge >= 0.3 is 6.16 Å². The fraction of sp³-hybridized carbons (Fsp3) is 0.800. The largest absolute Gasteiger partial charge is 0.513 e. The van der Waals surface area contributed by atoms with Gasteiger partial charge in [0.1, 0.15) is 11.2 Å². The van der Waals surface area contributed by atoms with E-state index in [-0.39, 0.29) is 29.8 Å². The number of piperidine rings is 1. The van der Waals surface area contributed by atoms with Crippen molar-refractivity contribution in [3.63, 3.8) is 0 Å². The number of aliphatic hydroxyl groups excluding tert-OH is 2. The van der Waals surface area contributed by atoms with Crippen molar-refractivity contribution in [3.8, 4) is 11.5 Å². The van der Waals surface area contributed by atoms with Crippen LogP contribution >= 0.6 is 0 Å². The molecule has 4 bridgehead atoms. The van der Waals surface area contributed by atoms with E-state index in [9.17, 15) is 15.0 Å². The molecule has 5 aliphatic carbocycles. The maximum absolute atomic E-state index is 12.8. The number of methoxy groups -OCH3 is 1. The molecule has 4 saturated carbocycles. The van der Waals surface area contributed by atoms with Crippen LogP contribution in [-0.4, -0.2) is 88.7 Å². The zero-order valence-electron chi connectivity index (χ0n) is 27.3. The van der Waals surface area contributed by atoms with E-state index in [1.807, 2.05) is 13.0 Å². The number of likely N-dealkylation sites (tertiary alicyclic amines) is 1. The Bertz CT molecular complexity index is 1340. The number of rotatable bonds is 9. The van der Waals surface area contributed by atoms with Gasteiger partial charge in [0.05, 0.1) is 30.3 Å². The second kappa shape index (κ2) is 9.80. The summed E-state index contributed by atoms with van der Waals surface area (Å²) in [6, 6.07) is 4.28. The van der Waals surface area contributed by atoms with Crippen LogP contribution in [0.25, 0.3) is 0 Å². The standard InChI is InChI=1S/C35H51NO8/c1-30(2,3)31(4,40)25-18-33-12-13-35(25,41-6)32(5)34(33)14-15-36(19-21-7-8-21)26(33)17-22-9-10-24(28(44-32)27(22)34)43-29(39)42-16-11-23(38)20-37/h9-10,21,23,25-26,37-38,40H,7-8,11-20H2,1-6H3. The molecule has 8 atom stereocenters. The molecule has 3 N–H and O–H groups in total. The summed E-state index contributed by atoms with van der Waals surface area (Å²) in [7, 11) is 1.79. The molecule has 8 unspecified atom stereocenters. The average Bonchev–Trinajstić information content (AvgIpc) is 3.74. The van der Waals surface area contributed by atoms with Gasteiger partial charge in [0.25, 0.3) is 0 Å². The van der Waals surface area contributed by atoms with E-state index >= 15 is 0 Å². The summed E-state index contributed by atoms with van der Waals surface area (Å²) >= 11 is 0. The molecule has 1 aromatic rings. The normalized spacial score (nSPS) is 38.8. The predicted molar refractivity (Wildman–Crippen MR) is 163 cm³/mol. The van der Waals surface area contributed by atoms with Crippen molar-refractivity contribution >= 4 is 6.16 Å². The lowest BCUT2D eigenvalue weighted by molar-refractivity contribution is -0.345. The molecule has 2 aliphatic heterocycles. The van der Waals surface area contributed by atoms with Gasteiger partial charge < -0.3 is 34.3 Å². The monoisotopic (exact) mass is 613 g/mol. The van der Waals surface area contributed by atoms with E-state index in [2.05, 4.69) is 38.7 Å². The van der Waals surface area contributed by atoms with Crippen LogP contribution in [0.3, 0.4) is 0 Å². The third-order valence-corrected chi connectivity index (χ3v) is 13.6. The molecule has 2 spiro atoms. The van der Waals surface area contributed by atoms with Gasteiger partial charge in [0.15, 0.2) is 11.5 Å². The van der Waals surface area contributed by atoms with Crippen molar-refractivity contribution in [1.82, 2.24) is 4.90 Å². The van der Waals surface area contributed by atoms with Gasteiger partial charge in [-0.1, -0.05) is 26.8 Å². The number of carbonyl (C=O) groups excluding carboxylic acids is 1. The Kier molecular flexibility index (Phi) is 6.84. The van der Waals surface area contributed by atoms with Gasteiger partial charge in [-0.3, -0.25) is 4.90 Å². The summed E-state index contributed by atoms with van der Waals surface area (Å²) in [5, 5.41) is 31.2. The molecule has 1 saturated heterocycles. The predicted octanol–water partition coefficient (Wildman–Crippen LogP) is 4.36.